The Balaban J connectivity index is 2.61. The predicted molar refractivity (Wildman–Crippen MR) is 304 cm³/mol. The normalized spacial score (nSPS) is 18.1. The van der Waals surface area contributed by atoms with Gasteiger partial charge in [0.15, 0.2) is 24.6 Å². The molecule has 75 heavy (non-hydrogen) atoms. The lowest BCUT2D eigenvalue weighted by atomic mass is 9.98. The van der Waals surface area contributed by atoms with Crippen LogP contribution in [0.3, 0.4) is 0 Å². The second-order valence-corrected chi connectivity index (χ2v) is 22.1. The quantitative estimate of drug-likeness (QED) is 0.0228. The fourth-order valence-corrected chi connectivity index (χ4v) is 9.94. The molecule has 6 unspecified atom stereocenters. The summed E-state index contributed by atoms with van der Waals surface area (Å²) >= 11 is 0. The molecule has 0 saturated carbocycles. The number of aliphatic hydroxyl groups excluding tert-OH is 2. The van der Waals surface area contributed by atoms with Crippen LogP contribution >= 0.6 is 0 Å². The Morgan fingerprint density at radius 3 is 1.17 bits per heavy atom. The number of ether oxygens (including phenoxy) is 5. The molecular weight excluding hydrogens is 949 g/mol. The van der Waals surface area contributed by atoms with Crippen LogP contribution < -0.4 is 0 Å². The smallest absolute Gasteiger partial charge is 0.335 e. The number of aliphatic carboxylic acids is 1. The molecular formula is C63H116O12. The summed E-state index contributed by atoms with van der Waals surface area (Å²) in [6.45, 7) is 6.00. The number of carboxylic acids is 1. The van der Waals surface area contributed by atoms with Crippen molar-refractivity contribution in [1.82, 2.24) is 0 Å². The number of allylic oxidation sites excluding steroid dienone is 2. The minimum Gasteiger partial charge on any atom is -0.479 e. The van der Waals surface area contributed by atoms with Gasteiger partial charge in [-0.3, -0.25) is 14.4 Å². The van der Waals surface area contributed by atoms with Crippen LogP contribution in [-0.4, -0.2) is 89.2 Å². The van der Waals surface area contributed by atoms with Crippen molar-refractivity contribution in [2.75, 3.05) is 13.2 Å². The van der Waals surface area contributed by atoms with E-state index in [9.17, 15) is 34.5 Å². The summed E-state index contributed by atoms with van der Waals surface area (Å²) in [5, 5.41) is 31.5. The zero-order chi connectivity index (χ0) is 54.7. The van der Waals surface area contributed by atoms with Crippen LogP contribution in [0.2, 0.25) is 0 Å². The van der Waals surface area contributed by atoms with Crippen molar-refractivity contribution in [1.29, 1.82) is 0 Å². The van der Waals surface area contributed by atoms with Crippen molar-refractivity contribution in [3.05, 3.63) is 12.2 Å². The fourth-order valence-electron chi connectivity index (χ4n) is 9.94. The van der Waals surface area contributed by atoms with E-state index in [1.54, 1.807) is 0 Å². The molecule has 0 spiro atoms. The van der Waals surface area contributed by atoms with Crippen molar-refractivity contribution in [2.45, 2.75) is 353 Å². The second kappa shape index (κ2) is 52.2. The van der Waals surface area contributed by atoms with Gasteiger partial charge in [-0.25, -0.2) is 4.79 Å². The van der Waals surface area contributed by atoms with Crippen molar-refractivity contribution in [3.63, 3.8) is 0 Å². The van der Waals surface area contributed by atoms with E-state index in [1.807, 2.05) is 0 Å². The van der Waals surface area contributed by atoms with Crippen molar-refractivity contribution < 1.29 is 58.2 Å². The van der Waals surface area contributed by atoms with Gasteiger partial charge in [0.2, 0.25) is 0 Å². The maximum atomic E-state index is 13.1. The Hall–Kier alpha value is -2.54. The topological polar surface area (TPSA) is 175 Å². The number of carboxylic acid groups (broad SMARTS) is 1. The number of aliphatic hydroxyl groups is 2. The van der Waals surface area contributed by atoms with Crippen LogP contribution in [0.5, 0.6) is 0 Å². The first kappa shape index (κ1) is 70.5. The van der Waals surface area contributed by atoms with E-state index >= 15 is 0 Å². The average Bonchev–Trinajstić information content (AvgIpc) is 3.39. The largest absolute Gasteiger partial charge is 0.479 e. The highest BCUT2D eigenvalue weighted by molar-refractivity contribution is 5.74. The van der Waals surface area contributed by atoms with Crippen LogP contribution in [-0.2, 0) is 42.9 Å². The van der Waals surface area contributed by atoms with Crippen LogP contribution in [0.25, 0.3) is 0 Å². The van der Waals surface area contributed by atoms with Crippen molar-refractivity contribution in [2.24, 2.45) is 0 Å². The molecule has 3 N–H and O–H groups in total. The molecule has 0 aromatic heterocycles. The fraction of sp³-hybridized carbons (Fsp3) is 0.905. The van der Waals surface area contributed by atoms with E-state index in [0.717, 1.165) is 77.0 Å². The lowest BCUT2D eigenvalue weighted by Gasteiger charge is -2.40. The van der Waals surface area contributed by atoms with Crippen molar-refractivity contribution >= 4 is 23.9 Å². The summed E-state index contributed by atoms with van der Waals surface area (Å²) < 4.78 is 28.5. The lowest BCUT2D eigenvalue weighted by molar-refractivity contribution is -0.301. The molecule has 1 aliphatic heterocycles. The first-order valence-electron chi connectivity index (χ1n) is 31.7. The molecule has 0 radical (unpaired) electrons. The maximum Gasteiger partial charge on any atom is 0.335 e. The molecule has 12 heteroatoms. The van der Waals surface area contributed by atoms with Crippen LogP contribution in [0.15, 0.2) is 12.2 Å². The Morgan fingerprint density at radius 1 is 0.427 bits per heavy atom. The summed E-state index contributed by atoms with van der Waals surface area (Å²) in [6.07, 6.45) is 46.1. The monoisotopic (exact) mass is 1060 g/mol. The highest BCUT2D eigenvalue weighted by Crippen LogP contribution is 2.27. The molecule has 6 atom stereocenters. The van der Waals surface area contributed by atoms with Gasteiger partial charge in [0, 0.05) is 19.3 Å². The summed E-state index contributed by atoms with van der Waals surface area (Å²) in [5.41, 5.74) is 0. The van der Waals surface area contributed by atoms with Gasteiger partial charge < -0.3 is 39.0 Å². The highest BCUT2D eigenvalue weighted by Gasteiger charge is 2.50. The molecule has 0 aliphatic carbocycles. The third kappa shape index (κ3) is 42.1. The molecule has 1 aliphatic rings. The summed E-state index contributed by atoms with van der Waals surface area (Å²) in [4.78, 5) is 51.1. The van der Waals surface area contributed by atoms with E-state index < -0.39 is 67.3 Å². The van der Waals surface area contributed by atoms with Crippen LogP contribution in [0.4, 0.5) is 0 Å². The molecule has 0 aromatic carbocycles. The lowest BCUT2D eigenvalue weighted by Crippen LogP contribution is -2.61. The van der Waals surface area contributed by atoms with E-state index in [2.05, 4.69) is 32.9 Å². The molecule has 0 bridgehead atoms. The maximum absolute atomic E-state index is 13.1. The van der Waals surface area contributed by atoms with E-state index in [0.29, 0.717) is 19.3 Å². The molecule has 12 nitrogen and oxygen atoms in total. The SMILES string of the molecule is CCCC/C=C\CCCCCCCC(=O)OC(COC(=O)CCCCCCCCCCCCCCCCC)COC1OC(C(=O)O)C(O)C(O)C1OC(=O)CCCCCCCCCCCCCCCCCCCCC. The number of rotatable bonds is 55. The molecule has 440 valence electrons. The van der Waals surface area contributed by atoms with Gasteiger partial charge in [0.05, 0.1) is 6.61 Å². The second-order valence-electron chi connectivity index (χ2n) is 22.1. The molecule has 1 heterocycles. The molecule has 1 fully saturated rings. The molecule has 0 aromatic rings. The Labute approximate surface area is 458 Å². The minimum absolute atomic E-state index is 0.0683. The first-order valence-corrected chi connectivity index (χ1v) is 31.7. The van der Waals surface area contributed by atoms with Gasteiger partial charge >= 0.3 is 23.9 Å². The number of carbonyl (C=O) groups excluding carboxylic acids is 3. The van der Waals surface area contributed by atoms with Gasteiger partial charge in [-0.1, -0.05) is 270 Å². The van der Waals surface area contributed by atoms with Crippen LogP contribution in [0.1, 0.15) is 316 Å². The van der Waals surface area contributed by atoms with Gasteiger partial charge in [0.1, 0.15) is 18.8 Å². The van der Waals surface area contributed by atoms with E-state index in [4.69, 9.17) is 23.7 Å². The Bertz CT molecular complexity index is 1360. The number of hydrogen-bond donors (Lipinski definition) is 3. The number of hydrogen-bond acceptors (Lipinski definition) is 11. The summed E-state index contributed by atoms with van der Waals surface area (Å²) in [5.74, 6) is -3.09. The standard InChI is InChI=1S/C63H116O12/c1-4-7-10-13-16-19-22-24-26-27-28-29-31-33-36-39-42-45-48-51-57(66)74-61-59(68)58(67)60(62(69)70)75-63(61)72-53-54(73-56(65)50-47-44-41-38-34-21-18-15-12-9-6-3)52-71-55(64)49-46-43-40-37-35-32-30-25-23-20-17-14-11-8-5-2/h15,18,54,58-61,63,67-68H,4-14,16-17,19-53H2,1-3H3,(H,69,70)/b18-15-. The predicted octanol–water partition coefficient (Wildman–Crippen LogP) is 16.5. The van der Waals surface area contributed by atoms with Gasteiger partial charge in [-0.2, -0.15) is 0 Å². The van der Waals surface area contributed by atoms with E-state index in [-0.39, 0.29) is 25.9 Å². The summed E-state index contributed by atoms with van der Waals surface area (Å²) in [6, 6.07) is 0. The van der Waals surface area contributed by atoms with Gasteiger partial charge in [-0.05, 0) is 38.5 Å². The first-order chi connectivity index (χ1) is 36.6. The minimum atomic E-state index is -1.90. The number of carbonyl (C=O) groups is 4. The zero-order valence-electron chi connectivity index (χ0n) is 48.6. The van der Waals surface area contributed by atoms with Gasteiger partial charge in [-0.15, -0.1) is 0 Å². The van der Waals surface area contributed by atoms with E-state index in [1.165, 1.54) is 180 Å². The van der Waals surface area contributed by atoms with Crippen molar-refractivity contribution in [3.8, 4) is 0 Å². The summed E-state index contributed by atoms with van der Waals surface area (Å²) in [7, 11) is 0. The number of esters is 3. The highest BCUT2D eigenvalue weighted by atomic mass is 16.7. The Kier molecular flexibility index (Phi) is 49.0. The molecule has 1 rings (SSSR count). The Morgan fingerprint density at radius 2 is 0.773 bits per heavy atom. The number of unbranched alkanes of at least 4 members (excludes halogenated alkanes) is 39. The van der Waals surface area contributed by atoms with Gasteiger partial charge in [0.25, 0.3) is 0 Å². The molecule has 1 saturated heterocycles. The zero-order valence-corrected chi connectivity index (χ0v) is 48.6. The third-order valence-electron chi connectivity index (χ3n) is 14.8. The third-order valence-corrected chi connectivity index (χ3v) is 14.8. The average molecular weight is 1070 g/mol. The van der Waals surface area contributed by atoms with Crippen LogP contribution in [0, 0.1) is 0 Å². The molecule has 0 amide bonds.